The minimum atomic E-state index is -0.515. The number of carbonyl (C=O) groups excluding carboxylic acids is 2. The first-order valence-corrected chi connectivity index (χ1v) is 16.2. The van der Waals surface area contributed by atoms with Gasteiger partial charge in [-0.3, -0.25) is 19.3 Å². The Morgan fingerprint density at radius 3 is 2.50 bits per heavy atom. The van der Waals surface area contributed by atoms with Crippen LogP contribution in [0.3, 0.4) is 0 Å². The van der Waals surface area contributed by atoms with Gasteiger partial charge in [-0.15, -0.1) is 5.10 Å². The molecule has 258 valence electrons. The lowest BCUT2D eigenvalue weighted by molar-refractivity contribution is -0.131. The van der Waals surface area contributed by atoms with E-state index in [1.54, 1.807) is 57.5 Å². The van der Waals surface area contributed by atoms with Crippen molar-refractivity contribution in [3.05, 3.63) is 84.2 Å². The Morgan fingerprint density at radius 2 is 1.74 bits per heavy atom. The van der Waals surface area contributed by atoms with Gasteiger partial charge in [0.15, 0.2) is 17.4 Å². The number of rotatable bonds is 9. The number of aromatic amines is 1. The van der Waals surface area contributed by atoms with Crippen molar-refractivity contribution in [1.29, 1.82) is 0 Å². The lowest BCUT2D eigenvalue weighted by Gasteiger charge is -2.35. The van der Waals surface area contributed by atoms with Gasteiger partial charge >= 0.3 is 0 Å². The van der Waals surface area contributed by atoms with Gasteiger partial charge in [-0.25, -0.2) is 13.8 Å². The molecule has 1 saturated heterocycles. The van der Waals surface area contributed by atoms with Crippen LogP contribution in [0.5, 0.6) is 11.5 Å². The van der Waals surface area contributed by atoms with Crippen molar-refractivity contribution in [3.63, 3.8) is 0 Å². The fourth-order valence-corrected chi connectivity index (χ4v) is 6.56. The SMILES string of the molecule is COc1cnccc1-c1cc(C2=CCCN(C(=O)CCn3ccnn3)C2)c(F)c2[nH]c(C(=O)N3CCN(c4ncc(F)cc4OC)CC3)cc12. The first-order chi connectivity index (χ1) is 24.3. The van der Waals surface area contributed by atoms with Crippen molar-refractivity contribution in [3.8, 4) is 22.6 Å². The number of piperazine rings is 1. The smallest absolute Gasteiger partial charge is 0.270 e. The summed E-state index contributed by atoms with van der Waals surface area (Å²) in [7, 11) is 3.00. The summed E-state index contributed by atoms with van der Waals surface area (Å²) in [5, 5.41) is 8.22. The third kappa shape index (κ3) is 6.33. The minimum Gasteiger partial charge on any atom is -0.494 e. The quantitative estimate of drug-likeness (QED) is 0.243. The lowest BCUT2D eigenvalue weighted by Crippen LogP contribution is -2.49. The van der Waals surface area contributed by atoms with Crippen LogP contribution in [-0.2, 0) is 11.3 Å². The maximum absolute atomic E-state index is 16.6. The van der Waals surface area contributed by atoms with Crippen LogP contribution in [0.2, 0.25) is 0 Å². The van der Waals surface area contributed by atoms with Gasteiger partial charge < -0.3 is 29.2 Å². The van der Waals surface area contributed by atoms with Gasteiger partial charge in [0.05, 0.1) is 44.9 Å². The summed E-state index contributed by atoms with van der Waals surface area (Å²) in [4.78, 5) is 43.9. The van der Waals surface area contributed by atoms with E-state index in [0.29, 0.717) is 90.7 Å². The van der Waals surface area contributed by atoms with E-state index >= 15 is 4.39 Å². The summed E-state index contributed by atoms with van der Waals surface area (Å²) in [5.41, 5.74) is 2.74. The van der Waals surface area contributed by atoms with Gasteiger partial charge in [0.1, 0.15) is 17.3 Å². The van der Waals surface area contributed by atoms with Crippen molar-refractivity contribution in [1.82, 2.24) is 39.7 Å². The number of nitrogens with zero attached hydrogens (tertiary/aromatic N) is 8. The molecule has 4 aromatic heterocycles. The Kier molecular flexibility index (Phi) is 9.11. The zero-order valence-electron chi connectivity index (χ0n) is 27.6. The third-order valence-electron chi connectivity index (χ3n) is 9.14. The Morgan fingerprint density at radius 1 is 0.920 bits per heavy atom. The number of pyridine rings is 2. The molecule has 2 aliphatic rings. The summed E-state index contributed by atoms with van der Waals surface area (Å²) >= 11 is 0. The number of aryl methyl sites for hydroxylation is 1. The average Bonchev–Trinajstić information content (AvgIpc) is 3.85. The highest BCUT2D eigenvalue weighted by Gasteiger charge is 2.29. The van der Waals surface area contributed by atoms with Crippen molar-refractivity contribution >= 4 is 34.1 Å². The van der Waals surface area contributed by atoms with E-state index in [4.69, 9.17) is 9.47 Å². The zero-order chi connectivity index (χ0) is 34.8. The highest BCUT2D eigenvalue weighted by molar-refractivity contribution is 6.05. The van der Waals surface area contributed by atoms with Gasteiger partial charge in [0.2, 0.25) is 5.91 Å². The van der Waals surface area contributed by atoms with E-state index in [2.05, 4.69) is 25.3 Å². The molecule has 7 rings (SSSR count). The van der Waals surface area contributed by atoms with Crippen LogP contribution in [0.1, 0.15) is 28.9 Å². The van der Waals surface area contributed by atoms with Crippen LogP contribution >= 0.6 is 0 Å². The van der Waals surface area contributed by atoms with Crippen LogP contribution in [0.25, 0.3) is 27.6 Å². The van der Waals surface area contributed by atoms with E-state index < -0.39 is 11.6 Å². The van der Waals surface area contributed by atoms with Crippen molar-refractivity contribution in [2.24, 2.45) is 0 Å². The number of halogens is 2. The molecule has 1 fully saturated rings. The van der Waals surface area contributed by atoms with E-state index in [1.807, 2.05) is 11.0 Å². The second kappa shape index (κ2) is 13.9. The van der Waals surface area contributed by atoms with E-state index in [-0.39, 0.29) is 36.0 Å². The molecule has 5 aromatic rings. The number of methoxy groups -OCH3 is 2. The van der Waals surface area contributed by atoms with E-state index in [9.17, 15) is 14.0 Å². The van der Waals surface area contributed by atoms with Gasteiger partial charge in [-0.1, -0.05) is 11.3 Å². The molecule has 0 unspecified atom stereocenters. The Balaban J connectivity index is 1.18. The normalized spacial score (nSPS) is 15.0. The molecule has 15 heteroatoms. The number of anilines is 1. The molecule has 0 bridgehead atoms. The lowest BCUT2D eigenvalue weighted by atomic mass is 9.93. The Hall–Kier alpha value is -5.86. The number of hydrogen-bond donors (Lipinski definition) is 1. The molecule has 2 amide bonds. The number of H-pyrrole nitrogens is 1. The molecule has 1 aromatic carbocycles. The minimum absolute atomic E-state index is 0.0647. The summed E-state index contributed by atoms with van der Waals surface area (Å²) in [5.74, 6) is -0.0492. The van der Waals surface area contributed by atoms with E-state index in [1.165, 1.54) is 20.3 Å². The molecule has 0 atom stereocenters. The predicted octanol–water partition coefficient (Wildman–Crippen LogP) is 4.18. The largest absolute Gasteiger partial charge is 0.494 e. The average molecular weight is 684 g/mol. The van der Waals surface area contributed by atoms with Gasteiger partial charge in [0.25, 0.3) is 5.91 Å². The highest BCUT2D eigenvalue weighted by Crippen LogP contribution is 2.40. The Labute approximate surface area is 286 Å². The number of hydrogen-bond acceptors (Lipinski definition) is 9. The molecule has 0 saturated carbocycles. The molecular weight excluding hydrogens is 648 g/mol. The van der Waals surface area contributed by atoms with Crippen LogP contribution in [-0.4, -0.2) is 105 Å². The topological polar surface area (TPSA) is 135 Å². The molecular formula is C35H35F2N9O4. The molecule has 1 N–H and O–H groups in total. The second-order valence-electron chi connectivity index (χ2n) is 12.0. The van der Waals surface area contributed by atoms with Crippen molar-refractivity contribution < 1.29 is 27.8 Å². The molecule has 0 radical (unpaired) electrons. The van der Waals surface area contributed by atoms with Gasteiger partial charge in [-0.2, -0.15) is 0 Å². The fraction of sp³-hybridized carbons (Fsp3) is 0.314. The van der Waals surface area contributed by atoms with Crippen LogP contribution < -0.4 is 14.4 Å². The number of nitrogens with one attached hydrogen (secondary N) is 1. The first-order valence-electron chi connectivity index (χ1n) is 16.2. The number of amides is 2. The predicted molar refractivity (Wildman–Crippen MR) is 181 cm³/mol. The maximum atomic E-state index is 16.6. The zero-order valence-corrected chi connectivity index (χ0v) is 27.6. The molecule has 13 nitrogen and oxygen atoms in total. The fourth-order valence-electron chi connectivity index (χ4n) is 6.56. The molecule has 6 heterocycles. The van der Waals surface area contributed by atoms with Crippen LogP contribution in [0.4, 0.5) is 14.6 Å². The number of aromatic nitrogens is 6. The molecule has 0 aliphatic carbocycles. The van der Waals surface area contributed by atoms with Crippen molar-refractivity contribution in [2.45, 2.75) is 19.4 Å². The number of benzene rings is 1. The number of fused-ring (bicyclic) bond motifs is 1. The molecule has 2 aliphatic heterocycles. The summed E-state index contributed by atoms with van der Waals surface area (Å²) in [6, 6.07) is 6.50. The Bertz CT molecular complexity index is 2070. The standard InChI is InChI=1S/C35H35F2N9O4/c1-49-29-16-23(36)19-39-34(29)43-12-14-44(15-13-43)35(48)28-18-27-26(24-5-7-38-20-30(24)50-2)17-25(32(37)33(27)41-28)22-4-3-9-45(21-22)31(47)6-10-46-11-8-40-42-46/h4-5,7-8,11,16-20,41H,3,6,9-10,12-15,21H2,1-2H3. The molecule has 0 spiro atoms. The summed E-state index contributed by atoms with van der Waals surface area (Å²) < 4.78 is 42.9. The highest BCUT2D eigenvalue weighted by atomic mass is 19.1. The third-order valence-corrected chi connectivity index (χ3v) is 9.14. The maximum Gasteiger partial charge on any atom is 0.270 e. The summed E-state index contributed by atoms with van der Waals surface area (Å²) in [6.45, 7) is 2.77. The van der Waals surface area contributed by atoms with Crippen molar-refractivity contribution in [2.75, 3.05) is 58.4 Å². The first kappa shape index (κ1) is 32.7. The number of carbonyl (C=O) groups is 2. The van der Waals surface area contributed by atoms with Gasteiger partial charge in [-0.05, 0) is 35.8 Å². The monoisotopic (exact) mass is 683 g/mol. The van der Waals surface area contributed by atoms with Gasteiger partial charge in [0, 0.05) is 80.7 Å². The molecule has 50 heavy (non-hydrogen) atoms. The van der Waals surface area contributed by atoms with Crippen LogP contribution in [0, 0.1) is 11.6 Å². The van der Waals surface area contributed by atoms with E-state index in [0.717, 1.165) is 6.20 Å². The second-order valence-corrected chi connectivity index (χ2v) is 12.0. The summed E-state index contributed by atoms with van der Waals surface area (Å²) in [6.07, 6.45) is 10.4. The van der Waals surface area contributed by atoms with Crippen LogP contribution in [0.15, 0.2) is 61.3 Å². The number of ether oxygens (including phenoxy) is 2.